The molecule has 1 N–H and O–H groups in total. The van der Waals surface area contributed by atoms with Crippen LogP contribution >= 0.6 is 23.2 Å². The lowest BCUT2D eigenvalue weighted by atomic mass is 9.58. The maximum atomic E-state index is 13.6. The Balaban J connectivity index is 1.88. The van der Waals surface area contributed by atoms with Gasteiger partial charge in [0.2, 0.25) is 5.91 Å². The van der Waals surface area contributed by atoms with Gasteiger partial charge < -0.3 is 10.0 Å². The summed E-state index contributed by atoms with van der Waals surface area (Å²) in [7, 11) is 0. The average Bonchev–Trinajstić information content (AvgIpc) is 2.68. The van der Waals surface area contributed by atoms with Crippen LogP contribution in [0, 0.1) is 5.92 Å². The summed E-state index contributed by atoms with van der Waals surface area (Å²) in [6.45, 7) is 1.23. The van der Waals surface area contributed by atoms with Crippen molar-refractivity contribution >= 4 is 29.1 Å². The zero-order chi connectivity index (χ0) is 22.8. The Morgan fingerprint density at radius 2 is 1.81 bits per heavy atom. The van der Waals surface area contributed by atoms with Crippen LogP contribution in [0.25, 0.3) is 0 Å². The second-order valence-corrected chi connectivity index (χ2v) is 9.16. The number of carbonyl (C=O) groups excluding carboxylic acids is 1. The van der Waals surface area contributed by atoms with Crippen LogP contribution in [0.15, 0.2) is 48.5 Å². The van der Waals surface area contributed by atoms with Gasteiger partial charge >= 0.3 is 6.18 Å². The van der Waals surface area contributed by atoms with E-state index >= 15 is 0 Å². The summed E-state index contributed by atoms with van der Waals surface area (Å²) in [6, 6.07) is 13.8. The fraction of sp³-hybridized carbons (Fsp3) is 0.435. The lowest BCUT2D eigenvalue weighted by molar-refractivity contribution is -0.209. The van der Waals surface area contributed by atoms with Gasteiger partial charge in [-0.15, -0.1) is 0 Å². The fourth-order valence-corrected chi connectivity index (χ4v) is 4.57. The van der Waals surface area contributed by atoms with E-state index in [1.807, 2.05) is 6.92 Å². The minimum absolute atomic E-state index is 0.0459. The molecule has 1 amide bonds. The molecule has 8 heteroatoms. The van der Waals surface area contributed by atoms with Crippen LogP contribution in [0.5, 0.6) is 0 Å². The van der Waals surface area contributed by atoms with Crippen molar-refractivity contribution in [1.82, 2.24) is 4.90 Å². The van der Waals surface area contributed by atoms with Crippen molar-refractivity contribution in [3.63, 3.8) is 0 Å². The molecular formula is C23H24Cl2F3NO2. The van der Waals surface area contributed by atoms with E-state index in [0.717, 1.165) is 10.5 Å². The van der Waals surface area contributed by atoms with Crippen molar-refractivity contribution in [3.8, 4) is 0 Å². The summed E-state index contributed by atoms with van der Waals surface area (Å²) in [4.78, 5) is 14.8. The minimum atomic E-state index is -4.81. The summed E-state index contributed by atoms with van der Waals surface area (Å²) in [5, 5.41) is 10.7. The molecule has 0 aliphatic heterocycles. The van der Waals surface area contributed by atoms with E-state index in [1.54, 1.807) is 48.5 Å². The maximum absolute atomic E-state index is 13.6. The first-order valence-electron chi connectivity index (χ1n) is 10.1. The Morgan fingerprint density at radius 3 is 2.35 bits per heavy atom. The molecule has 0 spiro atoms. The van der Waals surface area contributed by atoms with Gasteiger partial charge in [0, 0.05) is 16.6 Å². The molecule has 31 heavy (non-hydrogen) atoms. The average molecular weight is 474 g/mol. The predicted molar refractivity (Wildman–Crippen MR) is 115 cm³/mol. The molecule has 1 aliphatic carbocycles. The summed E-state index contributed by atoms with van der Waals surface area (Å²) < 4.78 is 39.3. The Labute approximate surface area is 189 Å². The van der Waals surface area contributed by atoms with Crippen LogP contribution < -0.4 is 0 Å². The number of rotatable bonds is 7. The van der Waals surface area contributed by atoms with Gasteiger partial charge in [-0.2, -0.15) is 13.2 Å². The van der Waals surface area contributed by atoms with Gasteiger partial charge in [-0.1, -0.05) is 54.4 Å². The first-order chi connectivity index (χ1) is 14.5. The number of carbonyl (C=O) groups is 1. The molecule has 0 aromatic heterocycles. The van der Waals surface area contributed by atoms with E-state index in [0.29, 0.717) is 34.9 Å². The molecule has 3 nitrogen and oxygen atoms in total. The molecule has 0 radical (unpaired) electrons. The van der Waals surface area contributed by atoms with E-state index < -0.39 is 30.1 Å². The van der Waals surface area contributed by atoms with Crippen LogP contribution in [0.2, 0.25) is 10.0 Å². The van der Waals surface area contributed by atoms with Gasteiger partial charge in [0.25, 0.3) is 0 Å². The third kappa shape index (κ3) is 5.54. The number of hydrogen-bond acceptors (Lipinski definition) is 2. The highest BCUT2D eigenvalue weighted by atomic mass is 35.5. The molecule has 168 valence electrons. The number of hydrogen-bond donors (Lipinski definition) is 1. The minimum Gasteiger partial charge on any atom is -0.382 e. The molecule has 2 aromatic rings. The van der Waals surface area contributed by atoms with Crippen molar-refractivity contribution in [2.24, 2.45) is 5.92 Å². The van der Waals surface area contributed by atoms with Gasteiger partial charge in [0.15, 0.2) is 6.10 Å². The van der Waals surface area contributed by atoms with E-state index in [4.69, 9.17) is 23.2 Å². The SMILES string of the molecule is CC1CC(C(=O)N(CCc2ccc(Cl)cc2)CC(O)C(F)(F)F)(c2cccc(Cl)c2)C1. The topological polar surface area (TPSA) is 40.5 Å². The third-order valence-corrected chi connectivity index (χ3v) is 6.31. The molecule has 1 saturated carbocycles. The molecule has 1 aliphatic rings. The normalized spacial score (nSPS) is 22.0. The summed E-state index contributed by atoms with van der Waals surface area (Å²) in [5.74, 6) is -0.154. The van der Waals surface area contributed by atoms with Crippen LogP contribution in [0.3, 0.4) is 0 Å². The number of aliphatic hydroxyl groups is 1. The Bertz CT molecular complexity index is 912. The molecule has 1 fully saturated rings. The van der Waals surface area contributed by atoms with Gasteiger partial charge in [-0.05, 0) is 60.6 Å². The van der Waals surface area contributed by atoms with Crippen LogP contribution in [0.1, 0.15) is 30.9 Å². The molecule has 1 unspecified atom stereocenters. The molecule has 1 atom stereocenters. The highest BCUT2D eigenvalue weighted by Gasteiger charge is 2.52. The van der Waals surface area contributed by atoms with Gasteiger partial charge in [-0.3, -0.25) is 4.79 Å². The lowest BCUT2D eigenvalue weighted by Crippen LogP contribution is -2.56. The zero-order valence-corrected chi connectivity index (χ0v) is 18.5. The predicted octanol–water partition coefficient (Wildman–Crippen LogP) is 5.66. The van der Waals surface area contributed by atoms with Crippen LogP contribution in [-0.4, -0.2) is 41.3 Å². The number of nitrogens with zero attached hydrogens (tertiary/aromatic N) is 1. The number of amides is 1. The fourth-order valence-electron chi connectivity index (χ4n) is 4.26. The first-order valence-corrected chi connectivity index (χ1v) is 10.8. The van der Waals surface area contributed by atoms with Crippen molar-refractivity contribution in [2.45, 2.75) is 43.9 Å². The standard InChI is InChI=1S/C23H24Cl2F3NO2/c1-15-12-22(13-15,17-3-2-4-19(25)11-17)21(31)29(14-20(30)23(26,27)28)10-9-16-5-7-18(24)8-6-16/h2-8,11,15,20,30H,9-10,12-14H2,1H3. The highest BCUT2D eigenvalue weighted by molar-refractivity contribution is 6.30. The number of halogens is 5. The van der Waals surface area contributed by atoms with E-state index in [1.165, 1.54) is 0 Å². The van der Waals surface area contributed by atoms with E-state index in [9.17, 15) is 23.1 Å². The van der Waals surface area contributed by atoms with Gasteiger partial charge in [0.1, 0.15) is 0 Å². The van der Waals surface area contributed by atoms with E-state index in [2.05, 4.69) is 0 Å². The van der Waals surface area contributed by atoms with Gasteiger partial charge in [-0.25, -0.2) is 0 Å². The summed E-state index contributed by atoms with van der Waals surface area (Å²) >= 11 is 12.0. The van der Waals surface area contributed by atoms with Crippen LogP contribution in [-0.2, 0) is 16.6 Å². The molecule has 0 bridgehead atoms. The largest absolute Gasteiger partial charge is 0.416 e. The Morgan fingerprint density at radius 1 is 1.16 bits per heavy atom. The number of alkyl halides is 3. The van der Waals surface area contributed by atoms with Crippen molar-refractivity contribution in [2.75, 3.05) is 13.1 Å². The van der Waals surface area contributed by atoms with E-state index in [-0.39, 0.29) is 12.5 Å². The number of aliphatic hydroxyl groups excluding tert-OH is 1. The van der Waals surface area contributed by atoms with Crippen molar-refractivity contribution in [3.05, 3.63) is 69.7 Å². The quantitative estimate of drug-likeness (QED) is 0.563. The Hall–Kier alpha value is -1.76. The molecule has 2 aromatic carbocycles. The number of benzene rings is 2. The highest BCUT2D eigenvalue weighted by Crippen LogP contribution is 2.49. The summed E-state index contributed by atoms with van der Waals surface area (Å²) in [5.41, 5.74) is 0.596. The smallest absolute Gasteiger partial charge is 0.382 e. The maximum Gasteiger partial charge on any atom is 0.416 e. The lowest BCUT2D eigenvalue weighted by Gasteiger charge is -2.48. The molecular weight excluding hydrogens is 450 g/mol. The molecule has 0 heterocycles. The van der Waals surface area contributed by atoms with Crippen LogP contribution in [0.4, 0.5) is 13.2 Å². The monoisotopic (exact) mass is 473 g/mol. The molecule has 0 saturated heterocycles. The second kappa shape index (κ2) is 9.39. The first kappa shape index (κ1) is 23.9. The Kier molecular flexibility index (Phi) is 7.24. The summed E-state index contributed by atoms with van der Waals surface area (Å²) in [6.07, 6.45) is -6.04. The second-order valence-electron chi connectivity index (χ2n) is 8.29. The zero-order valence-electron chi connectivity index (χ0n) is 17.0. The molecule has 3 rings (SSSR count). The van der Waals surface area contributed by atoms with Crippen molar-refractivity contribution < 1.29 is 23.1 Å². The third-order valence-electron chi connectivity index (χ3n) is 5.82. The van der Waals surface area contributed by atoms with Crippen molar-refractivity contribution in [1.29, 1.82) is 0 Å². The van der Waals surface area contributed by atoms with Gasteiger partial charge in [0.05, 0.1) is 12.0 Å².